The number of hydrogen-bond acceptors (Lipinski definition) is 3. The van der Waals surface area contributed by atoms with Gasteiger partial charge in [0.2, 0.25) is 5.91 Å². The third-order valence-electron chi connectivity index (χ3n) is 3.17. The van der Waals surface area contributed by atoms with E-state index in [0.717, 1.165) is 11.0 Å². The van der Waals surface area contributed by atoms with Crippen LogP contribution in [-0.2, 0) is 16.1 Å². The molecule has 0 saturated carbocycles. The van der Waals surface area contributed by atoms with Gasteiger partial charge in [0.15, 0.2) is 0 Å². The zero-order valence-corrected chi connectivity index (χ0v) is 12.7. The minimum atomic E-state index is 0.179. The van der Waals surface area contributed by atoms with Gasteiger partial charge in [-0.25, -0.2) is 0 Å². The lowest BCUT2D eigenvalue weighted by Crippen LogP contribution is -2.44. The molecule has 1 saturated heterocycles. The third-order valence-corrected chi connectivity index (χ3v) is 3.94. The number of amides is 1. The van der Waals surface area contributed by atoms with E-state index in [1.807, 2.05) is 35.0 Å². The van der Waals surface area contributed by atoms with Gasteiger partial charge < -0.3 is 9.64 Å². The van der Waals surface area contributed by atoms with E-state index in [-0.39, 0.29) is 5.91 Å². The fourth-order valence-electron chi connectivity index (χ4n) is 2.12. The molecule has 19 heavy (non-hydrogen) atoms. The monoisotopic (exact) mass is 326 g/mol. The van der Waals surface area contributed by atoms with Gasteiger partial charge in [0.1, 0.15) is 0 Å². The van der Waals surface area contributed by atoms with Crippen molar-refractivity contribution in [1.82, 2.24) is 9.80 Å². The number of benzene rings is 1. The van der Waals surface area contributed by atoms with Crippen LogP contribution in [0.2, 0.25) is 0 Å². The van der Waals surface area contributed by atoms with Crippen LogP contribution in [0, 0.1) is 0 Å². The number of rotatable bonds is 4. The lowest BCUT2D eigenvalue weighted by Gasteiger charge is -2.28. The van der Waals surface area contributed by atoms with Crippen LogP contribution in [0.1, 0.15) is 5.56 Å². The number of nitrogens with zero attached hydrogens (tertiary/aromatic N) is 2. The molecule has 1 aliphatic heterocycles. The standard InChI is InChI=1S/C14H19BrN2O2/c1-16(10-12-4-2-3-5-13(12)15)11-14(18)17-6-8-19-9-7-17/h2-5H,6-11H2,1H3. The quantitative estimate of drug-likeness (QED) is 0.845. The number of ether oxygens (including phenoxy) is 1. The zero-order valence-electron chi connectivity index (χ0n) is 11.1. The lowest BCUT2D eigenvalue weighted by molar-refractivity contribution is -0.136. The van der Waals surface area contributed by atoms with Gasteiger partial charge in [-0.2, -0.15) is 0 Å². The summed E-state index contributed by atoms with van der Waals surface area (Å²) < 4.78 is 6.34. The third kappa shape index (κ3) is 4.30. The predicted octanol–water partition coefficient (Wildman–Crippen LogP) is 1.74. The Kier molecular flexibility index (Phi) is 5.36. The fourth-order valence-corrected chi connectivity index (χ4v) is 2.53. The average Bonchev–Trinajstić information content (AvgIpc) is 2.42. The molecular weight excluding hydrogens is 308 g/mol. The van der Waals surface area contributed by atoms with Crippen molar-refractivity contribution in [3.63, 3.8) is 0 Å². The Bertz CT molecular complexity index is 433. The number of likely N-dealkylation sites (N-methyl/N-ethyl adjacent to an activating group) is 1. The molecule has 0 bridgehead atoms. The Hall–Kier alpha value is -0.910. The van der Waals surface area contributed by atoms with Gasteiger partial charge in [-0.1, -0.05) is 34.1 Å². The largest absolute Gasteiger partial charge is 0.378 e. The van der Waals surface area contributed by atoms with Gasteiger partial charge in [-0.05, 0) is 18.7 Å². The van der Waals surface area contributed by atoms with Crippen LogP contribution in [-0.4, -0.2) is 55.6 Å². The summed E-state index contributed by atoms with van der Waals surface area (Å²) in [5.41, 5.74) is 1.19. The first-order valence-corrected chi connectivity index (χ1v) is 7.23. The first-order chi connectivity index (χ1) is 9.16. The van der Waals surface area contributed by atoms with Crippen molar-refractivity contribution in [3.8, 4) is 0 Å². The Labute approximate surface area is 122 Å². The zero-order chi connectivity index (χ0) is 13.7. The molecule has 0 aromatic heterocycles. The van der Waals surface area contributed by atoms with Gasteiger partial charge >= 0.3 is 0 Å². The summed E-state index contributed by atoms with van der Waals surface area (Å²) >= 11 is 3.53. The lowest BCUT2D eigenvalue weighted by atomic mass is 10.2. The predicted molar refractivity (Wildman–Crippen MR) is 77.9 cm³/mol. The van der Waals surface area contributed by atoms with Gasteiger partial charge in [-0.15, -0.1) is 0 Å². The minimum Gasteiger partial charge on any atom is -0.378 e. The van der Waals surface area contributed by atoms with Crippen molar-refractivity contribution in [1.29, 1.82) is 0 Å². The van der Waals surface area contributed by atoms with Crippen LogP contribution in [0.15, 0.2) is 28.7 Å². The van der Waals surface area contributed by atoms with E-state index in [2.05, 4.69) is 22.0 Å². The Morgan fingerprint density at radius 2 is 2.05 bits per heavy atom. The molecule has 1 heterocycles. The summed E-state index contributed by atoms with van der Waals surface area (Å²) in [6, 6.07) is 8.09. The van der Waals surface area contributed by atoms with E-state index >= 15 is 0 Å². The van der Waals surface area contributed by atoms with Crippen molar-refractivity contribution in [2.45, 2.75) is 6.54 Å². The van der Waals surface area contributed by atoms with E-state index in [9.17, 15) is 4.79 Å². The molecule has 104 valence electrons. The van der Waals surface area contributed by atoms with Crippen LogP contribution in [0.5, 0.6) is 0 Å². The highest BCUT2D eigenvalue weighted by atomic mass is 79.9. The SMILES string of the molecule is CN(CC(=O)N1CCOCC1)Cc1ccccc1Br. The fraction of sp³-hybridized carbons (Fsp3) is 0.500. The summed E-state index contributed by atoms with van der Waals surface area (Å²) in [5.74, 6) is 0.179. The van der Waals surface area contributed by atoms with Crippen LogP contribution in [0.25, 0.3) is 0 Å². The Morgan fingerprint density at radius 1 is 1.37 bits per heavy atom. The van der Waals surface area contributed by atoms with Crippen molar-refractivity contribution in [3.05, 3.63) is 34.3 Å². The summed E-state index contributed by atoms with van der Waals surface area (Å²) in [6.07, 6.45) is 0. The second-order valence-electron chi connectivity index (χ2n) is 4.76. The maximum absolute atomic E-state index is 12.1. The molecule has 1 aliphatic rings. The summed E-state index contributed by atoms with van der Waals surface area (Å²) in [7, 11) is 1.97. The summed E-state index contributed by atoms with van der Waals surface area (Å²) in [6.45, 7) is 3.93. The molecule has 0 spiro atoms. The van der Waals surface area contributed by atoms with Crippen molar-refractivity contribution in [2.24, 2.45) is 0 Å². The van der Waals surface area contributed by atoms with Gasteiger partial charge in [0.25, 0.3) is 0 Å². The molecule has 4 nitrogen and oxygen atoms in total. The Balaban J connectivity index is 1.85. The van der Waals surface area contributed by atoms with Gasteiger partial charge in [0.05, 0.1) is 19.8 Å². The molecule has 1 aromatic rings. The first kappa shape index (κ1) is 14.5. The maximum atomic E-state index is 12.1. The van der Waals surface area contributed by atoms with Crippen LogP contribution in [0.3, 0.4) is 0 Å². The molecule has 2 rings (SSSR count). The molecule has 1 fully saturated rings. The molecule has 0 unspecified atom stereocenters. The topological polar surface area (TPSA) is 32.8 Å². The maximum Gasteiger partial charge on any atom is 0.236 e. The normalized spacial score (nSPS) is 15.8. The van der Waals surface area contributed by atoms with Crippen molar-refractivity contribution < 1.29 is 9.53 Å². The van der Waals surface area contributed by atoms with Crippen LogP contribution >= 0.6 is 15.9 Å². The summed E-state index contributed by atoms with van der Waals surface area (Å²) in [5, 5.41) is 0. The molecule has 1 aromatic carbocycles. The number of carbonyl (C=O) groups excluding carboxylic acids is 1. The van der Waals surface area contributed by atoms with E-state index in [0.29, 0.717) is 32.8 Å². The highest BCUT2D eigenvalue weighted by Crippen LogP contribution is 2.17. The van der Waals surface area contributed by atoms with Crippen molar-refractivity contribution >= 4 is 21.8 Å². The molecular formula is C14H19BrN2O2. The molecule has 0 aliphatic carbocycles. The second-order valence-corrected chi connectivity index (χ2v) is 5.61. The molecule has 0 atom stereocenters. The highest BCUT2D eigenvalue weighted by Gasteiger charge is 2.18. The Morgan fingerprint density at radius 3 is 2.74 bits per heavy atom. The smallest absolute Gasteiger partial charge is 0.236 e. The number of carbonyl (C=O) groups is 1. The second kappa shape index (κ2) is 7.03. The molecule has 1 amide bonds. The summed E-state index contributed by atoms with van der Waals surface area (Å²) in [4.78, 5) is 16.0. The molecule has 0 radical (unpaired) electrons. The van der Waals surface area contributed by atoms with Gasteiger partial charge in [0, 0.05) is 24.1 Å². The van der Waals surface area contributed by atoms with Crippen LogP contribution in [0.4, 0.5) is 0 Å². The number of halogens is 1. The van der Waals surface area contributed by atoms with Crippen molar-refractivity contribution in [2.75, 3.05) is 39.9 Å². The average molecular weight is 327 g/mol. The number of morpholine rings is 1. The molecule has 0 N–H and O–H groups in total. The van der Waals surface area contributed by atoms with E-state index in [1.165, 1.54) is 5.56 Å². The van der Waals surface area contributed by atoms with Crippen LogP contribution < -0.4 is 0 Å². The highest BCUT2D eigenvalue weighted by molar-refractivity contribution is 9.10. The first-order valence-electron chi connectivity index (χ1n) is 6.44. The minimum absolute atomic E-state index is 0.179. The van der Waals surface area contributed by atoms with E-state index in [4.69, 9.17) is 4.74 Å². The molecule has 5 heteroatoms. The van der Waals surface area contributed by atoms with E-state index < -0.39 is 0 Å². The van der Waals surface area contributed by atoms with E-state index in [1.54, 1.807) is 0 Å². The number of hydrogen-bond donors (Lipinski definition) is 0. The van der Waals surface area contributed by atoms with Gasteiger partial charge in [-0.3, -0.25) is 9.69 Å².